The molecule has 2 aliphatic carbocycles. The zero-order valence-electron chi connectivity index (χ0n) is 8.03. The van der Waals surface area contributed by atoms with E-state index in [1.807, 2.05) is 0 Å². The second kappa shape index (κ2) is 2.76. The van der Waals surface area contributed by atoms with Gasteiger partial charge in [0.15, 0.2) is 0 Å². The number of fused-ring (bicyclic) bond motifs is 1. The van der Waals surface area contributed by atoms with Gasteiger partial charge in [0.1, 0.15) is 0 Å². The van der Waals surface area contributed by atoms with Crippen molar-refractivity contribution in [3.63, 3.8) is 0 Å². The van der Waals surface area contributed by atoms with Gasteiger partial charge in [-0.15, -0.1) is 0 Å². The maximum absolute atomic E-state index is 4.06. The van der Waals surface area contributed by atoms with Crippen molar-refractivity contribution in [2.45, 2.75) is 45.4 Å². The fourth-order valence-electron chi connectivity index (χ4n) is 2.58. The Kier molecular flexibility index (Phi) is 1.86. The molecule has 0 nitrogen and oxygen atoms in total. The Morgan fingerprint density at radius 2 is 2.08 bits per heavy atom. The molecule has 0 aromatic rings. The molecule has 0 aromatic heterocycles. The average Bonchev–Trinajstić information content (AvgIpc) is 2.06. The lowest BCUT2D eigenvalue weighted by Crippen LogP contribution is -2.25. The van der Waals surface area contributed by atoms with E-state index in [9.17, 15) is 0 Å². The third-order valence-electron chi connectivity index (χ3n) is 3.58. The summed E-state index contributed by atoms with van der Waals surface area (Å²) >= 11 is 0. The van der Waals surface area contributed by atoms with E-state index in [-0.39, 0.29) is 0 Å². The summed E-state index contributed by atoms with van der Waals surface area (Å²) in [5.41, 5.74) is 3.59. The van der Waals surface area contributed by atoms with Crippen LogP contribution in [0.4, 0.5) is 0 Å². The summed E-state index contributed by atoms with van der Waals surface area (Å²) < 4.78 is 0. The molecule has 0 heteroatoms. The summed E-state index contributed by atoms with van der Waals surface area (Å²) in [6.07, 6.45) is 10.5. The van der Waals surface area contributed by atoms with Crippen LogP contribution in [-0.4, -0.2) is 0 Å². The predicted octanol–water partition coefficient (Wildman–Crippen LogP) is 3.84. The molecular formula is C12H18. The Hall–Kier alpha value is -0.520. The first-order chi connectivity index (χ1) is 5.71. The smallest absolute Gasteiger partial charge is 0.0110 e. The van der Waals surface area contributed by atoms with Crippen LogP contribution in [0, 0.1) is 5.41 Å². The molecule has 0 spiro atoms. The lowest BCUT2D eigenvalue weighted by Gasteiger charge is -2.39. The molecule has 0 aliphatic heterocycles. The molecule has 1 fully saturated rings. The molecule has 1 saturated carbocycles. The molecular weight excluding hydrogens is 144 g/mol. The first-order valence-electron chi connectivity index (χ1n) is 5.10. The molecule has 0 bridgehead atoms. The molecule has 0 heterocycles. The summed E-state index contributed by atoms with van der Waals surface area (Å²) in [5, 5.41) is 0. The van der Waals surface area contributed by atoms with Crippen molar-refractivity contribution in [3.8, 4) is 0 Å². The quantitative estimate of drug-likeness (QED) is 0.507. The number of hydrogen-bond donors (Lipinski definition) is 0. The number of allylic oxidation sites excluding steroid dienone is 3. The summed E-state index contributed by atoms with van der Waals surface area (Å²) in [6, 6.07) is 0. The van der Waals surface area contributed by atoms with Gasteiger partial charge in [-0.2, -0.15) is 0 Å². The Morgan fingerprint density at radius 1 is 1.25 bits per heavy atom. The van der Waals surface area contributed by atoms with Gasteiger partial charge in [0.25, 0.3) is 0 Å². The molecule has 66 valence electrons. The highest BCUT2D eigenvalue weighted by Gasteiger charge is 2.33. The van der Waals surface area contributed by atoms with Gasteiger partial charge in [-0.05, 0) is 37.5 Å². The Labute approximate surface area is 75.4 Å². The fraction of sp³-hybridized carbons (Fsp3) is 0.667. The van der Waals surface area contributed by atoms with E-state index < -0.39 is 0 Å². The zero-order chi connectivity index (χ0) is 8.60. The first kappa shape index (κ1) is 8.10. The van der Waals surface area contributed by atoms with Crippen LogP contribution in [0.2, 0.25) is 0 Å². The van der Waals surface area contributed by atoms with Crippen LogP contribution in [0.3, 0.4) is 0 Å². The van der Waals surface area contributed by atoms with Crippen LogP contribution in [0.1, 0.15) is 45.4 Å². The molecule has 0 aromatic carbocycles. The van der Waals surface area contributed by atoms with Crippen LogP contribution in [-0.2, 0) is 0 Å². The topological polar surface area (TPSA) is 0 Å². The molecule has 0 unspecified atom stereocenters. The summed E-state index contributed by atoms with van der Waals surface area (Å²) in [5.74, 6) is 0. The van der Waals surface area contributed by atoms with Crippen molar-refractivity contribution < 1.29 is 0 Å². The van der Waals surface area contributed by atoms with Crippen LogP contribution >= 0.6 is 0 Å². The SMILES string of the molecule is C=C1C=C2CCCC[C@@]2(C)CC1. The second-order valence-electron chi connectivity index (χ2n) is 4.60. The molecule has 1 atom stereocenters. The summed E-state index contributed by atoms with van der Waals surface area (Å²) in [7, 11) is 0. The lowest BCUT2D eigenvalue weighted by molar-refractivity contribution is 0.274. The van der Waals surface area contributed by atoms with E-state index in [1.165, 1.54) is 44.1 Å². The van der Waals surface area contributed by atoms with Crippen LogP contribution < -0.4 is 0 Å². The van der Waals surface area contributed by atoms with E-state index in [2.05, 4.69) is 19.6 Å². The van der Waals surface area contributed by atoms with E-state index in [4.69, 9.17) is 0 Å². The normalized spacial score (nSPS) is 35.8. The van der Waals surface area contributed by atoms with Crippen molar-refractivity contribution >= 4 is 0 Å². The van der Waals surface area contributed by atoms with Crippen LogP contribution in [0.25, 0.3) is 0 Å². The molecule has 0 radical (unpaired) electrons. The van der Waals surface area contributed by atoms with Gasteiger partial charge < -0.3 is 0 Å². The highest BCUT2D eigenvalue weighted by molar-refractivity contribution is 5.30. The highest BCUT2D eigenvalue weighted by Crippen LogP contribution is 2.47. The van der Waals surface area contributed by atoms with Crippen LogP contribution in [0.15, 0.2) is 23.8 Å². The Bertz CT molecular complexity index is 234. The molecule has 2 rings (SSSR count). The summed E-state index contributed by atoms with van der Waals surface area (Å²) in [6.45, 7) is 6.49. The van der Waals surface area contributed by atoms with E-state index in [1.54, 1.807) is 5.57 Å². The molecule has 0 saturated heterocycles. The minimum Gasteiger partial charge on any atom is -0.0958 e. The zero-order valence-corrected chi connectivity index (χ0v) is 8.03. The van der Waals surface area contributed by atoms with Crippen molar-refractivity contribution in [2.75, 3.05) is 0 Å². The van der Waals surface area contributed by atoms with E-state index in [0.717, 1.165) is 0 Å². The van der Waals surface area contributed by atoms with Crippen LogP contribution in [0.5, 0.6) is 0 Å². The first-order valence-corrected chi connectivity index (χ1v) is 5.10. The van der Waals surface area contributed by atoms with Gasteiger partial charge in [-0.25, -0.2) is 0 Å². The maximum Gasteiger partial charge on any atom is -0.0110 e. The second-order valence-corrected chi connectivity index (χ2v) is 4.60. The van der Waals surface area contributed by atoms with Crippen molar-refractivity contribution in [1.82, 2.24) is 0 Å². The van der Waals surface area contributed by atoms with Crippen molar-refractivity contribution in [1.29, 1.82) is 0 Å². The van der Waals surface area contributed by atoms with E-state index in [0.29, 0.717) is 5.41 Å². The highest BCUT2D eigenvalue weighted by atomic mass is 14.4. The molecule has 2 aliphatic rings. The summed E-state index contributed by atoms with van der Waals surface area (Å²) in [4.78, 5) is 0. The average molecular weight is 162 g/mol. The van der Waals surface area contributed by atoms with Gasteiger partial charge in [-0.3, -0.25) is 0 Å². The molecule has 12 heavy (non-hydrogen) atoms. The number of rotatable bonds is 0. The van der Waals surface area contributed by atoms with Crippen molar-refractivity contribution in [2.24, 2.45) is 5.41 Å². The third kappa shape index (κ3) is 1.24. The molecule has 0 amide bonds. The largest absolute Gasteiger partial charge is 0.0958 e. The fourth-order valence-corrected chi connectivity index (χ4v) is 2.58. The minimum absolute atomic E-state index is 0.555. The molecule has 0 N–H and O–H groups in total. The minimum atomic E-state index is 0.555. The predicted molar refractivity (Wildman–Crippen MR) is 53.0 cm³/mol. The van der Waals surface area contributed by atoms with Crippen molar-refractivity contribution in [3.05, 3.63) is 23.8 Å². The Morgan fingerprint density at radius 3 is 2.92 bits per heavy atom. The maximum atomic E-state index is 4.06. The van der Waals surface area contributed by atoms with Gasteiger partial charge >= 0.3 is 0 Å². The standard InChI is InChI=1S/C12H18/c1-10-6-8-12(2)7-4-3-5-11(12)9-10/h9H,1,3-8H2,2H3/t12-/m0/s1. The Balaban J connectivity index is 2.29. The van der Waals surface area contributed by atoms with Gasteiger partial charge in [0.2, 0.25) is 0 Å². The lowest BCUT2D eigenvalue weighted by atomic mass is 9.65. The van der Waals surface area contributed by atoms with Gasteiger partial charge in [0, 0.05) is 0 Å². The van der Waals surface area contributed by atoms with Gasteiger partial charge in [0.05, 0.1) is 0 Å². The number of hydrogen-bond acceptors (Lipinski definition) is 0. The third-order valence-corrected chi connectivity index (χ3v) is 3.58. The van der Waals surface area contributed by atoms with Gasteiger partial charge in [-0.1, -0.05) is 37.1 Å². The van der Waals surface area contributed by atoms with E-state index >= 15 is 0 Å². The monoisotopic (exact) mass is 162 g/mol.